The highest BCUT2D eigenvalue weighted by Gasteiger charge is 2.28. The molecule has 0 fully saturated rings. The molecule has 1 aliphatic carbocycles. The van der Waals surface area contributed by atoms with Gasteiger partial charge < -0.3 is 14.3 Å². The predicted molar refractivity (Wildman–Crippen MR) is 76.6 cm³/mol. The van der Waals surface area contributed by atoms with Gasteiger partial charge in [-0.05, 0) is 43.4 Å². The molecular weight excluding hydrogens is 256 g/mol. The molecule has 1 aromatic rings. The van der Waals surface area contributed by atoms with Crippen LogP contribution in [0.1, 0.15) is 48.4 Å². The van der Waals surface area contributed by atoms with Crippen molar-refractivity contribution >= 4 is 11.9 Å². The van der Waals surface area contributed by atoms with Crippen LogP contribution >= 0.6 is 0 Å². The number of Topliss-reactive ketones (excluding diaryl/α,β-unsaturated/α-hetero) is 1. The lowest BCUT2D eigenvalue weighted by atomic mass is 9.88. The Labute approximate surface area is 119 Å². The van der Waals surface area contributed by atoms with Crippen LogP contribution < -0.4 is 0 Å². The van der Waals surface area contributed by atoms with Crippen molar-refractivity contribution in [3.8, 4) is 0 Å². The molecule has 1 aromatic heterocycles. The molecule has 0 spiro atoms. The molecule has 0 amide bonds. The van der Waals surface area contributed by atoms with Crippen LogP contribution in [0.3, 0.4) is 0 Å². The summed E-state index contributed by atoms with van der Waals surface area (Å²) in [4.78, 5) is 12.4. The lowest BCUT2D eigenvalue weighted by Gasteiger charge is -2.26. The summed E-state index contributed by atoms with van der Waals surface area (Å²) in [6, 6.07) is 0. The Kier molecular flexibility index (Phi) is 4.45. The average molecular weight is 278 g/mol. The van der Waals surface area contributed by atoms with Crippen molar-refractivity contribution in [2.75, 3.05) is 7.11 Å². The van der Waals surface area contributed by atoms with Crippen LogP contribution in [0.15, 0.2) is 16.3 Å². The zero-order chi connectivity index (χ0) is 14.9. The Bertz CT molecular complexity index is 527. The van der Waals surface area contributed by atoms with Gasteiger partial charge in [0, 0.05) is 13.5 Å². The van der Waals surface area contributed by atoms with E-state index in [1.807, 2.05) is 20.8 Å². The second-order valence-electron chi connectivity index (χ2n) is 5.73. The van der Waals surface area contributed by atoms with Crippen molar-refractivity contribution in [2.45, 2.75) is 45.8 Å². The van der Waals surface area contributed by atoms with Gasteiger partial charge in [-0.1, -0.05) is 6.92 Å². The Hall–Kier alpha value is -1.39. The predicted octanol–water partition coefficient (Wildman–Crippen LogP) is 2.98. The van der Waals surface area contributed by atoms with E-state index in [1.54, 1.807) is 19.4 Å². The molecule has 0 aliphatic heterocycles. The summed E-state index contributed by atoms with van der Waals surface area (Å²) >= 11 is 0. The monoisotopic (exact) mass is 278 g/mol. The molecule has 1 N–H and O–H groups in total. The number of hydrogen-bond donors (Lipinski definition) is 1. The topological polar surface area (TPSA) is 59.7 Å². The first-order valence-electron chi connectivity index (χ1n) is 6.94. The highest BCUT2D eigenvalue weighted by molar-refractivity contribution is 6.00. The number of hydrogen-bond acceptors (Lipinski definition) is 4. The Morgan fingerprint density at radius 2 is 2.10 bits per heavy atom. The fourth-order valence-electron chi connectivity index (χ4n) is 2.77. The van der Waals surface area contributed by atoms with Gasteiger partial charge in [0.2, 0.25) is 0 Å². The van der Waals surface area contributed by atoms with Crippen molar-refractivity contribution < 1.29 is 19.1 Å². The van der Waals surface area contributed by atoms with Crippen LogP contribution in [0.4, 0.5) is 0 Å². The molecule has 0 aromatic carbocycles. The zero-order valence-electron chi connectivity index (χ0n) is 12.5. The smallest absolute Gasteiger partial charge is 0.167 e. The number of methoxy groups -OCH3 is 1. The van der Waals surface area contributed by atoms with Gasteiger partial charge in [-0.3, -0.25) is 4.79 Å². The molecular formula is C16H22O4. The van der Waals surface area contributed by atoms with Gasteiger partial charge in [-0.25, -0.2) is 0 Å². The van der Waals surface area contributed by atoms with Gasteiger partial charge in [0.25, 0.3) is 0 Å². The normalized spacial score (nSPS) is 30.6. The van der Waals surface area contributed by atoms with Gasteiger partial charge in [-0.15, -0.1) is 0 Å². The molecule has 0 saturated heterocycles. The van der Waals surface area contributed by atoms with Crippen molar-refractivity contribution in [1.82, 2.24) is 0 Å². The van der Waals surface area contributed by atoms with Gasteiger partial charge in [-0.2, -0.15) is 0 Å². The molecule has 4 heteroatoms. The van der Waals surface area contributed by atoms with E-state index in [-0.39, 0.29) is 17.8 Å². The van der Waals surface area contributed by atoms with E-state index < -0.39 is 6.10 Å². The average Bonchev–Trinajstić information content (AvgIpc) is 2.75. The summed E-state index contributed by atoms with van der Waals surface area (Å²) in [7, 11) is 1.59. The number of rotatable bonds is 1. The van der Waals surface area contributed by atoms with Crippen LogP contribution in [0, 0.1) is 12.8 Å². The van der Waals surface area contributed by atoms with E-state index in [9.17, 15) is 9.90 Å². The molecule has 0 unspecified atom stereocenters. The minimum atomic E-state index is -0.686. The van der Waals surface area contributed by atoms with E-state index in [2.05, 4.69) is 0 Å². The molecule has 0 bridgehead atoms. The number of furan rings is 1. The first-order chi connectivity index (χ1) is 9.43. The number of fused-ring (bicyclic) bond motifs is 1. The highest BCUT2D eigenvalue weighted by Crippen LogP contribution is 2.28. The largest absolute Gasteiger partial charge is 0.464 e. The summed E-state index contributed by atoms with van der Waals surface area (Å²) < 4.78 is 10.8. The fourth-order valence-corrected chi connectivity index (χ4v) is 2.77. The highest BCUT2D eigenvalue weighted by atomic mass is 16.5. The molecule has 3 atom stereocenters. The minimum Gasteiger partial charge on any atom is -0.464 e. The summed E-state index contributed by atoms with van der Waals surface area (Å²) in [5.41, 5.74) is 2.23. The lowest BCUT2D eigenvalue weighted by molar-refractivity contribution is -0.00626. The van der Waals surface area contributed by atoms with Crippen LogP contribution in [0.5, 0.6) is 0 Å². The van der Waals surface area contributed by atoms with E-state index in [0.717, 1.165) is 11.1 Å². The van der Waals surface area contributed by atoms with Crippen molar-refractivity contribution in [3.63, 3.8) is 0 Å². The molecule has 2 rings (SSSR count). The maximum Gasteiger partial charge on any atom is 0.167 e. The maximum atomic E-state index is 12.4. The third kappa shape index (κ3) is 2.86. The summed E-state index contributed by atoms with van der Waals surface area (Å²) in [6.45, 7) is 5.70. The number of ketones is 1. The number of aliphatic hydroxyl groups excluding tert-OH is 1. The fraction of sp³-hybridized carbons (Fsp3) is 0.562. The Balaban J connectivity index is 2.49. The van der Waals surface area contributed by atoms with Gasteiger partial charge in [0.05, 0.1) is 17.9 Å². The number of carbonyl (C=O) groups excluding carboxylic acids is 1. The SMILES string of the molecule is CO[C@@H]1C[C@@H](C)CC(=O)c2c(C)coc2/C=C(/C)[C@H]1O. The van der Waals surface area contributed by atoms with Crippen molar-refractivity contribution in [1.29, 1.82) is 0 Å². The first-order valence-corrected chi connectivity index (χ1v) is 6.94. The second-order valence-corrected chi connectivity index (χ2v) is 5.73. The van der Waals surface area contributed by atoms with Crippen LogP contribution in [-0.2, 0) is 4.74 Å². The first kappa shape index (κ1) is 15.0. The van der Waals surface area contributed by atoms with Crippen LogP contribution in [0.25, 0.3) is 6.08 Å². The molecule has 20 heavy (non-hydrogen) atoms. The third-order valence-electron chi connectivity index (χ3n) is 3.93. The van der Waals surface area contributed by atoms with Crippen LogP contribution in [0.2, 0.25) is 0 Å². The standard InChI is InChI=1S/C16H22O4/c1-9-5-12(17)15-11(3)8-20-13(15)7-10(2)16(18)14(6-9)19-4/h7-9,14,16,18H,5-6H2,1-4H3/b10-7-/t9-,14+,16+/m0/s1. The van der Waals surface area contributed by atoms with E-state index >= 15 is 0 Å². The van der Waals surface area contributed by atoms with Crippen molar-refractivity contribution in [3.05, 3.63) is 28.7 Å². The summed E-state index contributed by atoms with van der Waals surface area (Å²) in [6.07, 6.45) is 3.44. The molecule has 110 valence electrons. The van der Waals surface area contributed by atoms with Crippen LogP contribution in [-0.4, -0.2) is 30.2 Å². The summed E-state index contributed by atoms with van der Waals surface area (Å²) in [5, 5.41) is 10.4. The van der Waals surface area contributed by atoms with E-state index in [0.29, 0.717) is 24.2 Å². The number of ether oxygens (including phenoxy) is 1. The van der Waals surface area contributed by atoms with Gasteiger partial charge in [0.1, 0.15) is 11.9 Å². The quantitative estimate of drug-likeness (QED) is 0.858. The molecule has 0 radical (unpaired) electrons. The second kappa shape index (κ2) is 5.94. The van der Waals surface area contributed by atoms with E-state index in [4.69, 9.17) is 9.15 Å². The van der Waals surface area contributed by atoms with Gasteiger partial charge in [0.15, 0.2) is 5.78 Å². The third-order valence-corrected chi connectivity index (χ3v) is 3.93. The molecule has 4 nitrogen and oxygen atoms in total. The lowest BCUT2D eigenvalue weighted by Crippen LogP contribution is -2.31. The Morgan fingerprint density at radius 1 is 1.40 bits per heavy atom. The Morgan fingerprint density at radius 3 is 2.75 bits per heavy atom. The van der Waals surface area contributed by atoms with Crippen molar-refractivity contribution in [2.24, 2.45) is 5.92 Å². The van der Waals surface area contributed by atoms with Gasteiger partial charge >= 0.3 is 0 Å². The summed E-state index contributed by atoms with van der Waals surface area (Å²) in [5.74, 6) is 0.775. The number of aliphatic hydroxyl groups is 1. The molecule has 0 saturated carbocycles. The maximum absolute atomic E-state index is 12.4. The van der Waals surface area contributed by atoms with E-state index in [1.165, 1.54) is 0 Å². The number of carbonyl (C=O) groups is 1. The zero-order valence-corrected chi connectivity index (χ0v) is 12.5. The minimum absolute atomic E-state index is 0.0917. The molecule has 1 heterocycles. The number of aryl methyl sites for hydroxylation is 1. The molecule has 1 aliphatic rings.